The van der Waals surface area contributed by atoms with Crippen molar-refractivity contribution in [2.24, 2.45) is 0 Å². The van der Waals surface area contributed by atoms with Crippen LogP contribution < -0.4 is 15.4 Å². The van der Waals surface area contributed by atoms with Crippen LogP contribution in [0.2, 0.25) is 0 Å². The number of nitrogens with one attached hydrogen (secondary N) is 2. The van der Waals surface area contributed by atoms with Crippen molar-refractivity contribution in [1.82, 2.24) is 14.9 Å². The molecule has 3 aromatic rings. The highest BCUT2D eigenvalue weighted by Gasteiger charge is 2.28. The van der Waals surface area contributed by atoms with Gasteiger partial charge in [0.1, 0.15) is 18.2 Å². The first-order chi connectivity index (χ1) is 15.2. The number of imidazole rings is 1. The molecule has 168 valence electrons. The van der Waals surface area contributed by atoms with E-state index in [0.29, 0.717) is 41.3 Å². The first-order valence-electron chi connectivity index (χ1n) is 9.68. The van der Waals surface area contributed by atoms with Crippen LogP contribution in [0.25, 0.3) is 11.0 Å². The third-order valence-corrected chi connectivity index (χ3v) is 5.05. The molecule has 0 fully saturated rings. The Hall–Kier alpha value is -3.24. The number of halogens is 3. The van der Waals surface area contributed by atoms with Crippen LogP contribution in [0.1, 0.15) is 39.5 Å². The van der Waals surface area contributed by atoms with Gasteiger partial charge in [-0.3, -0.25) is 9.59 Å². The fourth-order valence-electron chi connectivity index (χ4n) is 3.63. The summed E-state index contributed by atoms with van der Waals surface area (Å²) in [5.41, 5.74) is -1.83. The summed E-state index contributed by atoms with van der Waals surface area (Å²) in [5, 5.41) is 5.26. The zero-order valence-corrected chi connectivity index (χ0v) is 17.9. The average Bonchev–Trinajstić information content (AvgIpc) is 3.12. The van der Waals surface area contributed by atoms with Crippen molar-refractivity contribution in [3.05, 3.63) is 53.3 Å². The highest BCUT2D eigenvalue weighted by Crippen LogP contribution is 2.30. The number of fused-ring (bicyclic) bond motifs is 3. The Morgan fingerprint density at radius 2 is 1.97 bits per heavy atom. The number of alkyl halides is 3. The average molecular weight is 465 g/mol. The Morgan fingerprint density at radius 3 is 2.62 bits per heavy atom. The van der Waals surface area contributed by atoms with Gasteiger partial charge in [-0.2, -0.15) is 0 Å². The zero-order chi connectivity index (χ0) is 23.0. The Bertz CT molecular complexity index is 1190. The number of carbonyl (C=O) groups is 2. The van der Waals surface area contributed by atoms with Gasteiger partial charge in [0.25, 0.3) is 11.8 Å². The van der Waals surface area contributed by atoms with Crippen LogP contribution in [0.5, 0.6) is 5.75 Å². The molecule has 2 aromatic carbocycles. The molecule has 2 heterocycles. The number of nitrogens with zero attached hydrogens (tertiary/aromatic N) is 2. The van der Waals surface area contributed by atoms with Gasteiger partial charge in [0.15, 0.2) is 0 Å². The Kier molecular flexibility index (Phi) is 5.74. The van der Waals surface area contributed by atoms with Crippen LogP contribution in [-0.4, -0.2) is 40.6 Å². The van der Waals surface area contributed by atoms with Gasteiger partial charge in [0.2, 0.25) is 0 Å². The van der Waals surface area contributed by atoms with Crippen molar-refractivity contribution in [1.29, 1.82) is 0 Å². The number of amides is 2. The summed E-state index contributed by atoms with van der Waals surface area (Å²) < 4.78 is 37.2. The molecule has 4 rings (SSSR count). The van der Waals surface area contributed by atoms with E-state index in [4.69, 9.17) is 16.3 Å². The molecule has 32 heavy (non-hydrogen) atoms. The molecule has 1 atom stereocenters. The lowest BCUT2D eigenvalue weighted by atomic mass is 10.1. The van der Waals surface area contributed by atoms with Gasteiger partial charge >= 0.3 is 5.57 Å². The van der Waals surface area contributed by atoms with Crippen molar-refractivity contribution in [2.45, 2.75) is 25.1 Å². The van der Waals surface area contributed by atoms with E-state index in [-0.39, 0.29) is 23.3 Å². The number of anilines is 1. The molecule has 1 unspecified atom stereocenters. The predicted molar refractivity (Wildman–Crippen MR) is 113 cm³/mol. The van der Waals surface area contributed by atoms with Gasteiger partial charge in [-0.1, -0.05) is 0 Å². The monoisotopic (exact) mass is 464 g/mol. The van der Waals surface area contributed by atoms with Gasteiger partial charge in [0, 0.05) is 29.9 Å². The van der Waals surface area contributed by atoms with Crippen molar-refractivity contribution < 1.29 is 27.8 Å². The smallest absolute Gasteiger partial charge is 0.420 e. The summed E-state index contributed by atoms with van der Waals surface area (Å²) in [6, 6.07) is 8.35. The number of aromatic nitrogens is 2. The maximum absolute atomic E-state index is 12.9. The lowest BCUT2D eigenvalue weighted by molar-refractivity contribution is -0.0964. The lowest BCUT2D eigenvalue weighted by Crippen LogP contribution is -2.24. The number of rotatable bonds is 5. The molecule has 1 aliphatic rings. The Morgan fingerprint density at radius 1 is 1.25 bits per heavy atom. The second-order valence-electron chi connectivity index (χ2n) is 7.26. The molecule has 2 amide bonds. The third kappa shape index (κ3) is 4.37. The van der Waals surface area contributed by atoms with Crippen LogP contribution in [0.15, 0.2) is 36.4 Å². The maximum Gasteiger partial charge on any atom is 0.487 e. The van der Waals surface area contributed by atoms with E-state index in [1.807, 2.05) is 11.5 Å². The van der Waals surface area contributed by atoms with Crippen LogP contribution in [0, 0.1) is 0 Å². The largest absolute Gasteiger partial charge is 0.487 e. The quantitative estimate of drug-likeness (QED) is 0.558. The second-order valence-corrected chi connectivity index (χ2v) is 7.70. The number of carbonyl (C=O) groups excluding carboxylic acids is 2. The van der Waals surface area contributed by atoms with Gasteiger partial charge in [-0.25, -0.2) is 4.98 Å². The van der Waals surface area contributed by atoms with Crippen molar-refractivity contribution in [3.8, 4) is 5.75 Å². The number of benzene rings is 2. The van der Waals surface area contributed by atoms with E-state index in [2.05, 4.69) is 20.4 Å². The molecule has 8 nitrogen and oxygen atoms in total. The molecule has 0 radical (unpaired) electrons. The van der Waals surface area contributed by atoms with Crippen LogP contribution >= 0.6 is 11.6 Å². The summed E-state index contributed by atoms with van der Waals surface area (Å²) in [5.74, 6) is -0.336. The Balaban J connectivity index is 1.67. The van der Waals surface area contributed by atoms with E-state index in [1.165, 1.54) is 37.4 Å². The van der Waals surface area contributed by atoms with Crippen molar-refractivity contribution >= 4 is 40.1 Å². The fraction of sp³-hybridized carbons (Fsp3) is 0.286. The normalized spacial score (nSPS) is 15.8. The third-order valence-electron chi connectivity index (χ3n) is 4.97. The number of hydrogen-bond donors (Lipinski definition) is 2. The standard InChI is InChI=1S/C21H19ClF2N4O4/c1-11-9-31-10-17-27-16-8-12(7-15(20(30)25-2)18(16)28(11)17)19(29)26-13-3-5-14(6-4-13)32-21(22,23)24/h3-8,11H,9-10H2,1-2H3,(H,25,30)(H,26,29). The molecule has 2 N–H and O–H groups in total. The van der Waals surface area contributed by atoms with Gasteiger partial charge in [-0.15, -0.1) is 8.78 Å². The van der Waals surface area contributed by atoms with Gasteiger partial charge in [0.05, 0.1) is 29.2 Å². The summed E-state index contributed by atoms with van der Waals surface area (Å²) in [7, 11) is 1.51. The minimum Gasteiger partial charge on any atom is -0.420 e. The summed E-state index contributed by atoms with van der Waals surface area (Å²) in [4.78, 5) is 30.0. The summed E-state index contributed by atoms with van der Waals surface area (Å²) in [6.45, 7) is 2.76. The molecule has 1 aliphatic heterocycles. The van der Waals surface area contributed by atoms with Gasteiger partial charge < -0.3 is 24.7 Å². The molecule has 0 spiro atoms. The minimum atomic E-state index is -3.83. The SMILES string of the molecule is CNC(=O)c1cc(C(=O)Nc2ccc(OC(F)(F)Cl)cc2)cc2nc3n(c12)C(C)COC3. The molecule has 0 saturated heterocycles. The van der Waals surface area contributed by atoms with E-state index in [1.54, 1.807) is 6.07 Å². The maximum atomic E-state index is 12.9. The predicted octanol–water partition coefficient (Wildman–Crippen LogP) is 3.91. The van der Waals surface area contributed by atoms with E-state index >= 15 is 0 Å². The minimum absolute atomic E-state index is 0.0204. The van der Waals surface area contributed by atoms with Crippen molar-refractivity contribution in [3.63, 3.8) is 0 Å². The molecule has 11 heteroatoms. The lowest BCUT2D eigenvalue weighted by Gasteiger charge is -2.23. The summed E-state index contributed by atoms with van der Waals surface area (Å²) >= 11 is 4.75. The van der Waals surface area contributed by atoms with Crippen LogP contribution in [-0.2, 0) is 11.3 Å². The van der Waals surface area contributed by atoms with Crippen molar-refractivity contribution in [2.75, 3.05) is 19.0 Å². The molecular formula is C21H19ClF2N4O4. The van der Waals surface area contributed by atoms with Crippen LogP contribution in [0.3, 0.4) is 0 Å². The summed E-state index contributed by atoms with van der Waals surface area (Å²) in [6.07, 6.45) is 0. The fourth-order valence-corrected chi connectivity index (χ4v) is 3.72. The number of ether oxygens (including phenoxy) is 2. The van der Waals surface area contributed by atoms with Crippen LogP contribution in [0.4, 0.5) is 14.5 Å². The highest BCUT2D eigenvalue weighted by atomic mass is 35.5. The van der Waals surface area contributed by atoms with Gasteiger partial charge in [-0.05, 0) is 43.3 Å². The molecule has 0 bridgehead atoms. The number of hydrogen-bond acceptors (Lipinski definition) is 5. The first kappa shape index (κ1) is 22.0. The zero-order valence-electron chi connectivity index (χ0n) is 17.1. The van der Waals surface area contributed by atoms with E-state index < -0.39 is 11.5 Å². The second kappa shape index (κ2) is 8.36. The first-order valence-corrected chi connectivity index (χ1v) is 10.1. The Labute approximate surface area is 186 Å². The van der Waals surface area contributed by atoms with E-state index in [0.717, 1.165) is 0 Å². The highest BCUT2D eigenvalue weighted by molar-refractivity contribution is 6.20. The topological polar surface area (TPSA) is 94.5 Å². The van der Waals surface area contributed by atoms with E-state index in [9.17, 15) is 18.4 Å². The molecule has 0 saturated carbocycles. The molecule has 1 aromatic heterocycles. The molecular weight excluding hydrogens is 446 g/mol. The molecule has 0 aliphatic carbocycles.